The van der Waals surface area contributed by atoms with Crippen LogP contribution in [0.2, 0.25) is 0 Å². The zero-order chi connectivity index (χ0) is 7.40. The Bertz CT molecular complexity index is 275. The number of carbonyl (C=O) groups is 1. The Morgan fingerprint density at radius 3 is 2.60 bits per heavy atom. The maximum absolute atomic E-state index is 10.5. The van der Waals surface area contributed by atoms with Gasteiger partial charge in [0.05, 0.1) is 0 Å². The van der Waals surface area contributed by atoms with Gasteiger partial charge in [-0.2, -0.15) is 5.26 Å². The van der Waals surface area contributed by atoms with E-state index in [-0.39, 0.29) is 5.82 Å². The molecule has 0 fully saturated rings. The van der Waals surface area contributed by atoms with Crippen LogP contribution in [0.15, 0.2) is 18.5 Å². The monoisotopic (exact) mass is 133 g/mol. The maximum atomic E-state index is 10.5. The fraction of sp³-hybridized carbons (Fsp3) is 0. The molecule has 0 aliphatic heterocycles. The fourth-order valence-electron chi connectivity index (χ4n) is 0.466. The van der Waals surface area contributed by atoms with Crippen molar-refractivity contribution in [1.29, 1.82) is 5.26 Å². The van der Waals surface area contributed by atoms with Gasteiger partial charge < -0.3 is 0 Å². The fourth-order valence-corrected chi connectivity index (χ4v) is 0.466. The second-order valence-electron chi connectivity index (χ2n) is 1.51. The Labute approximate surface area is 57.2 Å². The first-order valence-corrected chi connectivity index (χ1v) is 2.56. The van der Waals surface area contributed by atoms with Crippen molar-refractivity contribution in [2.45, 2.75) is 0 Å². The van der Waals surface area contributed by atoms with E-state index in [9.17, 15) is 4.79 Å². The van der Waals surface area contributed by atoms with Crippen LogP contribution in [0.1, 0.15) is 10.6 Å². The highest BCUT2D eigenvalue weighted by atomic mass is 16.1. The molecule has 0 aromatic carbocycles. The molecule has 48 valence electrons. The summed E-state index contributed by atoms with van der Waals surface area (Å²) >= 11 is 0. The summed E-state index contributed by atoms with van der Waals surface area (Å²) in [6.07, 6.45) is 2.83. The van der Waals surface area contributed by atoms with Crippen LogP contribution in [0, 0.1) is 11.3 Å². The standard InChI is InChI=1S/C6H3N3O/c7-4-5(10)6-8-2-1-3-9-6/h1-3H. The number of rotatable bonds is 1. The van der Waals surface area contributed by atoms with E-state index >= 15 is 0 Å². The second-order valence-corrected chi connectivity index (χ2v) is 1.51. The normalized spacial score (nSPS) is 8.30. The molecule has 0 aliphatic carbocycles. The average Bonchev–Trinajstić information content (AvgIpc) is 2.05. The van der Waals surface area contributed by atoms with Crippen LogP contribution in [0.3, 0.4) is 0 Å². The van der Waals surface area contributed by atoms with Crippen molar-refractivity contribution in [3.8, 4) is 6.07 Å². The zero-order valence-electron chi connectivity index (χ0n) is 4.98. The minimum Gasteiger partial charge on any atom is -0.273 e. The molecule has 4 nitrogen and oxygen atoms in total. The second kappa shape index (κ2) is 2.69. The van der Waals surface area contributed by atoms with E-state index in [1.54, 1.807) is 6.07 Å². The minimum atomic E-state index is -0.708. The number of Topliss-reactive ketones (excluding diaryl/α,β-unsaturated/α-hetero) is 1. The molecule has 0 saturated carbocycles. The predicted molar refractivity (Wildman–Crippen MR) is 32.0 cm³/mol. The van der Waals surface area contributed by atoms with Crippen molar-refractivity contribution in [3.63, 3.8) is 0 Å². The van der Waals surface area contributed by atoms with Crippen molar-refractivity contribution in [2.75, 3.05) is 0 Å². The third-order valence-electron chi connectivity index (χ3n) is 0.870. The summed E-state index contributed by atoms with van der Waals surface area (Å²) in [5, 5.41) is 8.11. The highest BCUT2D eigenvalue weighted by Crippen LogP contribution is 1.86. The predicted octanol–water partition coefficient (Wildman–Crippen LogP) is 0.183. The SMILES string of the molecule is N#CC(=O)c1ncccn1. The van der Waals surface area contributed by atoms with E-state index in [1.165, 1.54) is 18.5 Å². The number of hydrogen-bond donors (Lipinski definition) is 0. The molecule has 4 heteroatoms. The number of nitriles is 1. The number of aromatic nitrogens is 2. The van der Waals surface area contributed by atoms with Gasteiger partial charge >= 0.3 is 0 Å². The molecule has 0 amide bonds. The van der Waals surface area contributed by atoms with E-state index in [1.807, 2.05) is 0 Å². The molecule has 1 rings (SSSR count). The minimum absolute atomic E-state index is 0.0509. The van der Waals surface area contributed by atoms with Crippen LogP contribution >= 0.6 is 0 Å². The Morgan fingerprint density at radius 1 is 1.50 bits per heavy atom. The van der Waals surface area contributed by atoms with Crippen molar-refractivity contribution in [1.82, 2.24) is 9.97 Å². The van der Waals surface area contributed by atoms with Gasteiger partial charge in [0.1, 0.15) is 6.07 Å². The zero-order valence-corrected chi connectivity index (χ0v) is 4.98. The molecule has 0 radical (unpaired) electrons. The number of hydrogen-bond acceptors (Lipinski definition) is 4. The molecule has 0 saturated heterocycles. The molecule has 1 aromatic rings. The quantitative estimate of drug-likeness (QED) is 0.405. The molecule has 10 heavy (non-hydrogen) atoms. The van der Waals surface area contributed by atoms with Crippen LogP contribution in [0.5, 0.6) is 0 Å². The van der Waals surface area contributed by atoms with Gasteiger partial charge in [-0.15, -0.1) is 0 Å². The van der Waals surface area contributed by atoms with E-state index in [4.69, 9.17) is 5.26 Å². The highest BCUT2D eigenvalue weighted by Gasteiger charge is 2.03. The van der Waals surface area contributed by atoms with Crippen LogP contribution in [-0.2, 0) is 0 Å². The lowest BCUT2D eigenvalue weighted by Gasteiger charge is -1.85. The summed E-state index contributed by atoms with van der Waals surface area (Å²) in [7, 11) is 0. The smallest absolute Gasteiger partial charge is 0.273 e. The van der Waals surface area contributed by atoms with Gasteiger partial charge in [-0.05, 0) is 6.07 Å². The highest BCUT2D eigenvalue weighted by molar-refractivity contribution is 6.04. The van der Waals surface area contributed by atoms with E-state index < -0.39 is 5.78 Å². The van der Waals surface area contributed by atoms with Crippen molar-refractivity contribution >= 4 is 5.78 Å². The summed E-state index contributed by atoms with van der Waals surface area (Å²) in [6, 6.07) is 2.99. The van der Waals surface area contributed by atoms with E-state index in [0.29, 0.717) is 0 Å². The molecule has 0 atom stereocenters. The first-order valence-electron chi connectivity index (χ1n) is 2.56. The third-order valence-corrected chi connectivity index (χ3v) is 0.870. The molecule has 0 aliphatic rings. The number of nitrogens with zero attached hydrogens (tertiary/aromatic N) is 3. The van der Waals surface area contributed by atoms with Crippen LogP contribution in [-0.4, -0.2) is 15.8 Å². The summed E-state index contributed by atoms with van der Waals surface area (Å²) in [6.45, 7) is 0. The van der Waals surface area contributed by atoms with Gasteiger partial charge in [-0.1, -0.05) is 0 Å². The molecule has 1 heterocycles. The lowest BCUT2D eigenvalue weighted by atomic mass is 10.4. The Morgan fingerprint density at radius 2 is 2.10 bits per heavy atom. The summed E-state index contributed by atoms with van der Waals surface area (Å²) in [5.41, 5.74) is 0. The molecule has 0 unspecified atom stereocenters. The topological polar surface area (TPSA) is 66.6 Å². The van der Waals surface area contributed by atoms with Crippen molar-refractivity contribution < 1.29 is 4.79 Å². The van der Waals surface area contributed by atoms with Gasteiger partial charge in [0, 0.05) is 12.4 Å². The first kappa shape index (κ1) is 6.36. The van der Waals surface area contributed by atoms with Gasteiger partial charge in [0.2, 0.25) is 5.82 Å². The van der Waals surface area contributed by atoms with E-state index in [2.05, 4.69) is 9.97 Å². The van der Waals surface area contributed by atoms with Gasteiger partial charge in [0.15, 0.2) is 0 Å². The van der Waals surface area contributed by atoms with Crippen LogP contribution in [0.25, 0.3) is 0 Å². The van der Waals surface area contributed by atoms with Crippen molar-refractivity contribution in [2.24, 2.45) is 0 Å². The van der Waals surface area contributed by atoms with Gasteiger partial charge in [-0.25, -0.2) is 9.97 Å². The van der Waals surface area contributed by atoms with Gasteiger partial charge in [-0.3, -0.25) is 4.79 Å². The largest absolute Gasteiger partial charge is 0.299 e. The third kappa shape index (κ3) is 1.14. The van der Waals surface area contributed by atoms with Crippen LogP contribution in [0.4, 0.5) is 0 Å². The summed E-state index contributed by atoms with van der Waals surface area (Å²) in [5.74, 6) is -0.759. The maximum Gasteiger partial charge on any atom is 0.299 e. The molecule has 1 aromatic heterocycles. The summed E-state index contributed by atoms with van der Waals surface area (Å²) < 4.78 is 0. The summed E-state index contributed by atoms with van der Waals surface area (Å²) in [4.78, 5) is 17.7. The molecular weight excluding hydrogens is 130 g/mol. The van der Waals surface area contributed by atoms with Crippen LogP contribution < -0.4 is 0 Å². The molecule has 0 spiro atoms. The Balaban J connectivity index is 2.99. The Hall–Kier alpha value is -1.76. The molecule has 0 N–H and O–H groups in total. The molecular formula is C6H3N3O. The average molecular weight is 133 g/mol. The lowest BCUT2D eigenvalue weighted by molar-refractivity contribution is 0.104. The van der Waals surface area contributed by atoms with Crippen molar-refractivity contribution in [3.05, 3.63) is 24.3 Å². The van der Waals surface area contributed by atoms with E-state index in [0.717, 1.165) is 0 Å². The molecule has 0 bridgehead atoms. The number of carbonyl (C=O) groups excluding carboxylic acids is 1. The first-order chi connectivity index (χ1) is 4.84. The Kier molecular flexibility index (Phi) is 1.71. The van der Waals surface area contributed by atoms with Gasteiger partial charge in [0.25, 0.3) is 5.78 Å². The number of ketones is 1. The lowest BCUT2D eigenvalue weighted by Crippen LogP contribution is -2.00.